The minimum Gasteiger partial charge on any atom is -0.341 e. The van der Waals surface area contributed by atoms with Crippen LogP contribution in [0.2, 0.25) is 0 Å². The van der Waals surface area contributed by atoms with Gasteiger partial charge in [0.1, 0.15) is 0 Å². The molecule has 0 aliphatic carbocycles. The minimum atomic E-state index is -3.48. The number of sulfone groups is 1. The zero-order valence-electron chi connectivity index (χ0n) is 16.1. The predicted octanol–water partition coefficient (Wildman–Crippen LogP) is 4.62. The Labute approximate surface area is 169 Å². The topological polar surface area (TPSA) is 68.2 Å². The lowest BCUT2D eigenvalue weighted by Crippen LogP contribution is -2.17. The first-order valence-corrected chi connectivity index (χ1v) is 11.2. The van der Waals surface area contributed by atoms with Gasteiger partial charge in [-0.05, 0) is 43.3 Å². The zero-order valence-corrected chi connectivity index (χ0v) is 16.9. The summed E-state index contributed by atoms with van der Waals surface area (Å²) in [6.45, 7) is 2.96. The van der Waals surface area contributed by atoms with Gasteiger partial charge in [0.2, 0.25) is 5.91 Å². The number of nitrogens with zero attached hydrogens (tertiary/aromatic N) is 1. The summed E-state index contributed by atoms with van der Waals surface area (Å²) in [7, 11) is -3.48. The quantitative estimate of drug-likeness (QED) is 0.508. The summed E-state index contributed by atoms with van der Waals surface area (Å²) in [5.41, 5.74) is 2.93. The van der Waals surface area contributed by atoms with E-state index in [-0.39, 0.29) is 23.0 Å². The molecule has 0 fully saturated rings. The monoisotopic (exact) mass is 406 g/mol. The van der Waals surface area contributed by atoms with Crippen LogP contribution in [-0.4, -0.2) is 24.6 Å². The maximum absolute atomic E-state index is 12.4. The number of amides is 1. The number of carbonyl (C=O) groups is 1. The van der Waals surface area contributed by atoms with E-state index >= 15 is 0 Å². The number of para-hydroxylation sites is 1. The molecule has 5 nitrogen and oxygen atoms in total. The molecule has 3 aromatic carbocycles. The van der Waals surface area contributed by atoms with E-state index in [0.29, 0.717) is 5.69 Å². The van der Waals surface area contributed by atoms with Crippen LogP contribution in [0.1, 0.15) is 13.3 Å². The predicted molar refractivity (Wildman–Crippen MR) is 117 cm³/mol. The molecular weight excluding hydrogens is 384 g/mol. The Morgan fingerprint density at radius 1 is 0.897 bits per heavy atom. The number of anilines is 1. The van der Waals surface area contributed by atoms with Crippen molar-refractivity contribution in [3.63, 3.8) is 0 Å². The summed E-state index contributed by atoms with van der Waals surface area (Å²) in [4.78, 5) is 12.6. The van der Waals surface area contributed by atoms with Gasteiger partial charge in [0.05, 0.1) is 10.6 Å². The molecule has 0 aliphatic rings. The van der Waals surface area contributed by atoms with Crippen LogP contribution in [0.15, 0.2) is 77.7 Å². The van der Waals surface area contributed by atoms with Gasteiger partial charge >= 0.3 is 0 Å². The second kappa shape index (κ2) is 7.72. The van der Waals surface area contributed by atoms with Gasteiger partial charge in [-0.2, -0.15) is 0 Å². The van der Waals surface area contributed by atoms with Crippen molar-refractivity contribution in [3.8, 4) is 0 Å². The maximum Gasteiger partial charge on any atom is 0.225 e. The Hall–Kier alpha value is -3.12. The molecule has 0 radical (unpaired) electrons. The normalized spacial score (nSPS) is 11.8. The number of carbonyl (C=O) groups excluding carboxylic acids is 1. The van der Waals surface area contributed by atoms with Crippen LogP contribution in [-0.2, 0) is 21.2 Å². The standard InChI is InChI=1S/C23H22N2O3S/c1-2-25-21-11-7-6-10-19(21)20-16-17(12-13-22(20)25)24-23(26)14-15-29(27,28)18-8-4-3-5-9-18/h3-13,16H,2,14-15H2,1H3,(H,24,26). The number of hydrogen-bond donors (Lipinski definition) is 1. The second-order valence-electron chi connectivity index (χ2n) is 6.92. The Bertz CT molecular complexity index is 1290. The molecule has 148 valence electrons. The Morgan fingerprint density at radius 3 is 2.34 bits per heavy atom. The van der Waals surface area contributed by atoms with Gasteiger partial charge in [0.25, 0.3) is 0 Å². The van der Waals surface area contributed by atoms with E-state index in [9.17, 15) is 13.2 Å². The average Bonchev–Trinajstić information content (AvgIpc) is 3.06. The fourth-order valence-electron chi connectivity index (χ4n) is 3.67. The van der Waals surface area contributed by atoms with E-state index in [1.165, 1.54) is 0 Å². The molecule has 0 saturated carbocycles. The molecule has 0 spiro atoms. The first-order chi connectivity index (χ1) is 14.0. The van der Waals surface area contributed by atoms with Crippen molar-refractivity contribution in [1.29, 1.82) is 0 Å². The van der Waals surface area contributed by atoms with Crippen LogP contribution in [0.3, 0.4) is 0 Å². The van der Waals surface area contributed by atoms with Crippen LogP contribution in [0, 0.1) is 0 Å². The maximum atomic E-state index is 12.4. The second-order valence-corrected chi connectivity index (χ2v) is 9.03. The van der Waals surface area contributed by atoms with Gasteiger partial charge < -0.3 is 9.88 Å². The highest BCUT2D eigenvalue weighted by Gasteiger charge is 2.16. The molecule has 6 heteroatoms. The van der Waals surface area contributed by atoms with Crippen molar-refractivity contribution in [1.82, 2.24) is 4.57 Å². The number of nitrogens with one attached hydrogen (secondary N) is 1. The molecule has 29 heavy (non-hydrogen) atoms. The number of aryl methyl sites for hydroxylation is 1. The third-order valence-corrected chi connectivity index (χ3v) is 6.80. The number of hydrogen-bond acceptors (Lipinski definition) is 3. The van der Waals surface area contributed by atoms with Crippen LogP contribution >= 0.6 is 0 Å². The Balaban J connectivity index is 1.54. The van der Waals surface area contributed by atoms with Gasteiger partial charge in [0, 0.05) is 40.5 Å². The van der Waals surface area contributed by atoms with Gasteiger partial charge in [0.15, 0.2) is 9.84 Å². The van der Waals surface area contributed by atoms with E-state index < -0.39 is 9.84 Å². The molecular formula is C23H22N2O3S. The van der Waals surface area contributed by atoms with E-state index in [0.717, 1.165) is 28.4 Å². The third kappa shape index (κ3) is 3.76. The van der Waals surface area contributed by atoms with Crippen molar-refractivity contribution in [2.24, 2.45) is 0 Å². The largest absolute Gasteiger partial charge is 0.341 e. The molecule has 0 atom stereocenters. The van der Waals surface area contributed by atoms with E-state index in [4.69, 9.17) is 0 Å². The first kappa shape index (κ1) is 19.2. The molecule has 1 amide bonds. The number of benzene rings is 3. The lowest BCUT2D eigenvalue weighted by molar-refractivity contribution is -0.115. The van der Waals surface area contributed by atoms with Crippen molar-refractivity contribution in [2.75, 3.05) is 11.1 Å². The van der Waals surface area contributed by atoms with Crippen LogP contribution < -0.4 is 5.32 Å². The summed E-state index contributed by atoms with van der Waals surface area (Å²) in [5.74, 6) is -0.539. The average molecular weight is 407 g/mol. The van der Waals surface area contributed by atoms with Crippen LogP contribution in [0.5, 0.6) is 0 Å². The van der Waals surface area contributed by atoms with Crippen LogP contribution in [0.25, 0.3) is 21.8 Å². The third-order valence-electron chi connectivity index (χ3n) is 5.07. The number of aromatic nitrogens is 1. The summed E-state index contributed by atoms with van der Waals surface area (Å²) >= 11 is 0. The van der Waals surface area contributed by atoms with E-state index in [1.54, 1.807) is 30.3 Å². The molecule has 1 N–H and O–H groups in total. The molecule has 4 aromatic rings. The fraction of sp³-hybridized carbons (Fsp3) is 0.174. The Kier molecular flexibility index (Phi) is 5.11. The highest BCUT2D eigenvalue weighted by Crippen LogP contribution is 2.31. The molecule has 0 unspecified atom stereocenters. The van der Waals surface area contributed by atoms with Crippen molar-refractivity contribution < 1.29 is 13.2 Å². The van der Waals surface area contributed by atoms with E-state index in [1.807, 2.05) is 30.3 Å². The molecule has 1 heterocycles. The van der Waals surface area contributed by atoms with Crippen molar-refractivity contribution >= 4 is 43.2 Å². The van der Waals surface area contributed by atoms with Gasteiger partial charge in [-0.25, -0.2) is 8.42 Å². The van der Waals surface area contributed by atoms with Gasteiger partial charge in [-0.1, -0.05) is 36.4 Å². The lowest BCUT2D eigenvalue weighted by Gasteiger charge is -2.07. The van der Waals surface area contributed by atoms with Crippen molar-refractivity contribution in [3.05, 3.63) is 72.8 Å². The summed E-state index contributed by atoms with van der Waals surface area (Å²) in [6.07, 6.45) is -0.0913. The SMILES string of the molecule is CCn1c2ccccc2c2cc(NC(=O)CCS(=O)(=O)c3ccccc3)ccc21. The highest BCUT2D eigenvalue weighted by molar-refractivity contribution is 7.91. The number of rotatable bonds is 6. The first-order valence-electron chi connectivity index (χ1n) is 9.58. The number of fused-ring (bicyclic) bond motifs is 3. The molecule has 1 aromatic heterocycles. The molecule has 0 aliphatic heterocycles. The molecule has 0 saturated heterocycles. The highest BCUT2D eigenvalue weighted by atomic mass is 32.2. The fourth-order valence-corrected chi connectivity index (χ4v) is 4.93. The van der Waals surface area contributed by atoms with E-state index in [2.05, 4.69) is 28.9 Å². The molecule has 4 rings (SSSR count). The Morgan fingerprint density at radius 2 is 1.59 bits per heavy atom. The van der Waals surface area contributed by atoms with Gasteiger partial charge in [-0.15, -0.1) is 0 Å². The summed E-state index contributed by atoms with van der Waals surface area (Å²) < 4.78 is 27.0. The zero-order chi connectivity index (χ0) is 20.4. The molecule has 0 bridgehead atoms. The lowest BCUT2D eigenvalue weighted by atomic mass is 10.1. The summed E-state index contributed by atoms with van der Waals surface area (Å²) in [6, 6.07) is 22.2. The van der Waals surface area contributed by atoms with Crippen molar-refractivity contribution in [2.45, 2.75) is 24.8 Å². The van der Waals surface area contributed by atoms with Crippen LogP contribution in [0.4, 0.5) is 5.69 Å². The smallest absolute Gasteiger partial charge is 0.225 e. The van der Waals surface area contributed by atoms with Gasteiger partial charge in [-0.3, -0.25) is 4.79 Å². The minimum absolute atomic E-state index is 0.0913. The summed E-state index contributed by atoms with van der Waals surface area (Å²) in [5, 5.41) is 5.04.